The van der Waals surface area contributed by atoms with Gasteiger partial charge >= 0.3 is 6.03 Å². The average Bonchev–Trinajstić information content (AvgIpc) is 2.73. The molecule has 0 unspecified atom stereocenters. The van der Waals surface area contributed by atoms with E-state index in [0.717, 1.165) is 22.6 Å². The first-order valence-electron chi connectivity index (χ1n) is 9.11. The van der Waals surface area contributed by atoms with E-state index in [1.165, 1.54) is 0 Å². The normalized spacial score (nSPS) is 10.2. The van der Waals surface area contributed by atoms with Crippen LogP contribution < -0.4 is 20.1 Å². The molecule has 0 saturated carbocycles. The lowest BCUT2D eigenvalue weighted by Gasteiger charge is -2.10. The molecule has 1 heterocycles. The van der Waals surface area contributed by atoms with Gasteiger partial charge in [-0.15, -0.1) is 0 Å². The van der Waals surface area contributed by atoms with Gasteiger partial charge in [-0.1, -0.05) is 24.3 Å². The Balaban J connectivity index is 1.45. The first-order chi connectivity index (χ1) is 13.7. The SMILES string of the molecule is CCOc1cccc(NC(=O)NCc2ccc(OCc3cccnc3)cc2)c1. The van der Waals surface area contributed by atoms with Crippen LogP contribution in [-0.2, 0) is 13.2 Å². The fourth-order valence-electron chi connectivity index (χ4n) is 2.54. The van der Waals surface area contributed by atoms with Gasteiger partial charge in [0.25, 0.3) is 0 Å². The molecule has 28 heavy (non-hydrogen) atoms. The third-order valence-electron chi connectivity index (χ3n) is 3.91. The first-order valence-corrected chi connectivity index (χ1v) is 9.11. The fraction of sp³-hybridized carbons (Fsp3) is 0.182. The van der Waals surface area contributed by atoms with E-state index >= 15 is 0 Å². The van der Waals surface area contributed by atoms with Crippen molar-refractivity contribution in [3.63, 3.8) is 0 Å². The number of aromatic nitrogens is 1. The number of hydrogen-bond acceptors (Lipinski definition) is 4. The van der Waals surface area contributed by atoms with Crippen LogP contribution in [0.3, 0.4) is 0 Å². The molecule has 0 atom stereocenters. The predicted molar refractivity (Wildman–Crippen MR) is 108 cm³/mol. The summed E-state index contributed by atoms with van der Waals surface area (Å²) < 4.78 is 11.2. The van der Waals surface area contributed by atoms with Crippen molar-refractivity contribution < 1.29 is 14.3 Å². The summed E-state index contributed by atoms with van der Waals surface area (Å²) in [5.74, 6) is 1.49. The Labute approximate surface area is 164 Å². The summed E-state index contributed by atoms with van der Waals surface area (Å²) in [6.07, 6.45) is 3.51. The minimum atomic E-state index is -0.273. The Morgan fingerprint density at radius 2 is 1.82 bits per heavy atom. The Bertz CT molecular complexity index is 883. The van der Waals surface area contributed by atoms with Crippen molar-refractivity contribution in [1.82, 2.24) is 10.3 Å². The third kappa shape index (κ3) is 6.02. The maximum atomic E-state index is 12.1. The molecule has 1 aromatic heterocycles. The number of amides is 2. The van der Waals surface area contributed by atoms with E-state index in [0.29, 0.717) is 25.4 Å². The van der Waals surface area contributed by atoms with Crippen LogP contribution >= 0.6 is 0 Å². The van der Waals surface area contributed by atoms with Gasteiger partial charge in [-0.05, 0) is 42.8 Å². The largest absolute Gasteiger partial charge is 0.494 e. The molecule has 2 aromatic carbocycles. The third-order valence-corrected chi connectivity index (χ3v) is 3.91. The van der Waals surface area contributed by atoms with Gasteiger partial charge in [0, 0.05) is 36.3 Å². The second-order valence-electron chi connectivity index (χ2n) is 6.06. The zero-order valence-corrected chi connectivity index (χ0v) is 15.7. The number of anilines is 1. The highest BCUT2D eigenvalue weighted by molar-refractivity contribution is 5.89. The van der Waals surface area contributed by atoms with Crippen LogP contribution in [-0.4, -0.2) is 17.6 Å². The van der Waals surface area contributed by atoms with E-state index < -0.39 is 0 Å². The molecule has 2 N–H and O–H groups in total. The number of hydrogen-bond donors (Lipinski definition) is 2. The van der Waals surface area contributed by atoms with E-state index in [-0.39, 0.29) is 6.03 Å². The number of nitrogens with zero attached hydrogens (tertiary/aromatic N) is 1. The second kappa shape index (κ2) is 9.97. The second-order valence-corrected chi connectivity index (χ2v) is 6.06. The fourth-order valence-corrected chi connectivity index (χ4v) is 2.54. The quantitative estimate of drug-likeness (QED) is 0.611. The van der Waals surface area contributed by atoms with Crippen LogP contribution in [0, 0.1) is 0 Å². The first kappa shape index (κ1) is 19.2. The van der Waals surface area contributed by atoms with Gasteiger partial charge in [0.2, 0.25) is 0 Å². The maximum Gasteiger partial charge on any atom is 0.319 e. The van der Waals surface area contributed by atoms with Crippen LogP contribution in [0.25, 0.3) is 0 Å². The highest BCUT2D eigenvalue weighted by Crippen LogP contribution is 2.17. The standard InChI is InChI=1S/C22H23N3O3/c1-2-27-21-7-3-6-19(13-21)25-22(26)24-15-17-8-10-20(11-9-17)28-16-18-5-4-12-23-14-18/h3-14H,2,15-16H2,1H3,(H2,24,25,26). The average molecular weight is 377 g/mol. The summed E-state index contributed by atoms with van der Waals surface area (Å²) in [4.78, 5) is 16.2. The van der Waals surface area contributed by atoms with Crippen molar-refractivity contribution in [1.29, 1.82) is 0 Å². The molecular formula is C22H23N3O3. The minimum absolute atomic E-state index is 0.273. The lowest BCUT2D eigenvalue weighted by molar-refractivity contribution is 0.251. The van der Waals surface area contributed by atoms with Crippen LogP contribution in [0.5, 0.6) is 11.5 Å². The molecule has 0 aliphatic heterocycles. The number of nitrogens with one attached hydrogen (secondary N) is 2. The van der Waals surface area contributed by atoms with Crippen molar-refractivity contribution in [3.05, 3.63) is 84.2 Å². The summed E-state index contributed by atoms with van der Waals surface area (Å²) in [7, 11) is 0. The number of carbonyl (C=O) groups is 1. The zero-order valence-electron chi connectivity index (χ0n) is 15.7. The molecule has 0 saturated heterocycles. The molecule has 0 fully saturated rings. The zero-order chi connectivity index (χ0) is 19.6. The van der Waals surface area contributed by atoms with E-state index in [2.05, 4.69) is 15.6 Å². The maximum absolute atomic E-state index is 12.1. The summed E-state index contributed by atoms with van der Waals surface area (Å²) in [5, 5.41) is 5.64. The van der Waals surface area contributed by atoms with E-state index in [4.69, 9.17) is 9.47 Å². The van der Waals surface area contributed by atoms with Gasteiger partial charge in [0.1, 0.15) is 18.1 Å². The molecule has 0 aliphatic rings. The van der Waals surface area contributed by atoms with Gasteiger partial charge < -0.3 is 20.1 Å². The molecule has 0 spiro atoms. The van der Waals surface area contributed by atoms with Crippen LogP contribution in [0.4, 0.5) is 10.5 Å². The lowest BCUT2D eigenvalue weighted by atomic mass is 10.2. The van der Waals surface area contributed by atoms with Crippen molar-refractivity contribution in [2.24, 2.45) is 0 Å². The smallest absolute Gasteiger partial charge is 0.319 e. The molecule has 3 rings (SSSR count). The van der Waals surface area contributed by atoms with Crippen LogP contribution in [0.2, 0.25) is 0 Å². The van der Waals surface area contributed by atoms with Gasteiger partial charge in [-0.3, -0.25) is 4.98 Å². The Morgan fingerprint density at radius 1 is 0.964 bits per heavy atom. The summed E-state index contributed by atoms with van der Waals surface area (Å²) in [5.41, 5.74) is 2.67. The molecule has 3 aromatic rings. The monoisotopic (exact) mass is 377 g/mol. The van der Waals surface area contributed by atoms with Crippen LogP contribution in [0.1, 0.15) is 18.1 Å². The van der Waals surface area contributed by atoms with Gasteiger partial charge in [-0.2, -0.15) is 0 Å². The topological polar surface area (TPSA) is 72.5 Å². The Morgan fingerprint density at radius 3 is 2.57 bits per heavy atom. The highest BCUT2D eigenvalue weighted by atomic mass is 16.5. The number of carbonyl (C=O) groups excluding carboxylic acids is 1. The number of benzene rings is 2. The Hall–Kier alpha value is -3.54. The van der Waals surface area contributed by atoms with Crippen molar-refractivity contribution >= 4 is 11.7 Å². The molecule has 0 aliphatic carbocycles. The number of pyridine rings is 1. The minimum Gasteiger partial charge on any atom is -0.494 e. The van der Waals surface area contributed by atoms with Crippen molar-refractivity contribution in [3.8, 4) is 11.5 Å². The number of urea groups is 1. The molecular weight excluding hydrogens is 354 g/mol. The Kier molecular flexibility index (Phi) is 6.84. The van der Waals surface area contributed by atoms with Gasteiger partial charge in [0.05, 0.1) is 6.61 Å². The van der Waals surface area contributed by atoms with Gasteiger partial charge in [0.15, 0.2) is 0 Å². The number of rotatable bonds is 8. The van der Waals surface area contributed by atoms with Crippen molar-refractivity contribution in [2.45, 2.75) is 20.1 Å². The molecule has 6 heteroatoms. The molecule has 0 bridgehead atoms. The van der Waals surface area contributed by atoms with Crippen molar-refractivity contribution in [2.75, 3.05) is 11.9 Å². The van der Waals surface area contributed by atoms with E-state index in [1.807, 2.05) is 61.5 Å². The summed E-state index contributed by atoms with van der Waals surface area (Å²) >= 11 is 0. The molecule has 0 radical (unpaired) electrons. The van der Waals surface area contributed by atoms with Crippen LogP contribution in [0.15, 0.2) is 73.1 Å². The molecule has 144 valence electrons. The summed E-state index contributed by atoms with van der Waals surface area (Å²) in [6, 6.07) is 18.5. The van der Waals surface area contributed by atoms with E-state index in [9.17, 15) is 4.79 Å². The summed E-state index contributed by atoms with van der Waals surface area (Å²) in [6.45, 7) is 3.38. The lowest BCUT2D eigenvalue weighted by Crippen LogP contribution is -2.28. The molecule has 6 nitrogen and oxygen atoms in total. The van der Waals surface area contributed by atoms with E-state index in [1.54, 1.807) is 18.5 Å². The van der Waals surface area contributed by atoms with Gasteiger partial charge in [-0.25, -0.2) is 4.79 Å². The predicted octanol–water partition coefficient (Wildman–Crippen LogP) is 4.38. The highest BCUT2D eigenvalue weighted by Gasteiger charge is 2.04. The number of ether oxygens (including phenoxy) is 2. The molecule has 2 amide bonds.